The second-order valence-corrected chi connectivity index (χ2v) is 7.78. The van der Waals surface area contributed by atoms with Crippen LogP contribution in [0.3, 0.4) is 0 Å². The van der Waals surface area contributed by atoms with Crippen molar-refractivity contribution in [1.82, 2.24) is 30.2 Å². The number of fused-ring (bicyclic) bond motifs is 3. The molecule has 1 aliphatic rings. The minimum absolute atomic E-state index is 0.0596. The Kier molecular flexibility index (Phi) is 4.63. The van der Waals surface area contributed by atoms with Crippen LogP contribution in [0.1, 0.15) is 18.4 Å². The SMILES string of the molecule is CNc1nc2[nH]c(-c3cccc(CNC(=O)[C@H]4CCCN4)c3)cc2c2c1ncn2C. The summed E-state index contributed by atoms with van der Waals surface area (Å²) in [4.78, 5) is 24.9. The predicted molar refractivity (Wildman–Crippen MR) is 118 cm³/mol. The van der Waals surface area contributed by atoms with Gasteiger partial charge in [0, 0.05) is 31.7 Å². The summed E-state index contributed by atoms with van der Waals surface area (Å²) in [5, 5.41) is 10.4. The third-order valence-corrected chi connectivity index (χ3v) is 5.76. The van der Waals surface area contributed by atoms with Crippen molar-refractivity contribution in [3.8, 4) is 11.3 Å². The summed E-state index contributed by atoms with van der Waals surface area (Å²) in [7, 11) is 3.84. The van der Waals surface area contributed by atoms with E-state index in [1.54, 1.807) is 0 Å². The maximum Gasteiger partial charge on any atom is 0.237 e. The van der Waals surface area contributed by atoms with E-state index in [9.17, 15) is 4.79 Å². The van der Waals surface area contributed by atoms with Gasteiger partial charge in [-0.25, -0.2) is 9.97 Å². The van der Waals surface area contributed by atoms with Crippen molar-refractivity contribution in [3.63, 3.8) is 0 Å². The number of nitrogens with zero attached hydrogens (tertiary/aromatic N) is 3. The van der Waals surface area contributed by atoms with E-state index in [0.717, 1.165) is 64.1 Å². The molecule has 1 aliphatic heterocycles. The first-order valence-electron chi connectivity index (χ1n) is 10.3. The van der Waals surface area contributed by atoms with E-state index < -0.39 is 0 Å². The number of aryl methyl sites for hydroxylation is 1. The molecule has 0 unspecified atom stereocenters. The van der Waals surface area contributed by atoms with Gasteiger partial charge < -0.3 is 25.5 Å². The molecule has 0 spiro atoms. The topological polar surface area (TPSA) is 99.7 Å². The van der Waals surface area contributed by atoms with Crippen molar-refractivity contribution in [1.29, 1.82) is 0 Å². The maximum atomic E-state index is 12.3. The molecule has 1 atom stereocenters. The van der Waals surface area contributed by atoms with Gasteiger partial charge in [-0.1, -0.05) is 18.2 Å². The summed E-state index contributed by atoms with van der Waals surface area (Å²) in [6, 6.07) is 10.3. The van der Waals surface area contributed by atoms with Gasteiger partial charge in [0.25, 0.3) is 0 Å². The Hall–Kier alpha value is -3.39. The van der Waals surface area contributed by atoms with Crippen LogP contribution in [0, 0.1) is 0 Å². The Bertz CT molecular complexity index is 1230. The summed E-state index contributed by atoms with van der Waals surface area (Å²) in [6.45, 7) is 1.43. The number of H-pyrrole nitrogens is 1. The zero-order valence-electron chi connectivity index (χ0n) is 17.1. The molecule has 0 radical (unpaired) electrons. The van der Waals surface area contributed by atoms with Crippen LogP contribution in [0.5, 0.6) is 0 Å². The average Bonchev–Trinajstić information content (AvgIpc) is 3.51. The summed E-state index contributed by atoms with van der Waals surface area (Å²) in [5.41, 5.74) is 5.82. The van der Waals surface area contributed by atoms with E-state index in [4.69, 9.17) is 4.98 Å². The van der Waals surface area contributed by atoms with Crippen molar-refractivity contribution >= 4 is 33.8 Å². The average molecular weight is 403 g/mol. The van der Waals surface area contributed by atoms with Crippen LogP contribution < -0.4 is 16.0 Å². The van der Waals surface area contributed by atoms with E-state index in [-0.39, 0.29) is 11.9 Å². The lowest BCUT2D eigenvalue weighted by Gasteiger charge is -2.11. The summed E-state index contributed by atoms with van der Waals surface area (Å²) in [5.74, 6) is 0.828. The van der Waals surface area contributed by atoms with Gasteiger partial charge in [0.1, 0.15) is 11.2 Å². The highest BCUT2D eigenvalue weighted by Gasteiger charge is 2.21. The highest BCUT2D eigenvalue weighted by atomic mass is 16.2. The van der Waals surface area contributed by atoms with Crippen molar-refractivity contribution in [2.75, 3.05) is 18.9 Å². The number of carbonyl (C=O) groups is 1. The summed E-state index contributed by atoms with van der Waals surface area (Å²) in [6.07, 6.45) is 3.77. The fourth-order valence-electron chi connectivity index (χ4n) is 4.20. The van der Waals surface area contributed by atoms with Crippen LogP contribution in [0.25, 0.3) is 33.3 Å². The number of anilines is 1. The number of hydrogen-bond donors (Lipinski definition) is 4. The van der Waals surface area contributed by atoms with Crippen LogP contribution >= 0.6 is 0 Å². The molecule has 154 valence electrons. The van der Waals surface area contributed by atoms with E-state index in [1.807, 2.05) is 37.1 Å². The first kappa shape index (κ1) is 18.6. The van der Waals surface area contributed by atoms with Gasteiger partial charge in [-0.05, 0) is 42.6 Å². The molecule has 4 heterocycles. The summed E-state index contributed by atoms with van der Waals surface area (Å²) >= 11 is 0. The second-order valence-electron chi connectivity index (χ2n) is 7.78. The van der Waals surface area contributed by atoms with Crippen LogP contribution in [0.15, 0.2) is 36.7 Å². The highest BCUT2D eigenvalue weighted by molar-refractivity contribution is 6.07. The van der Waals surface area contributed by atoms with E-state index >= 15 is 0 Å². The fraction of sp³-hybridized carbons (Fsp3) is 0.318. The molecule has 0 aliphatic carbocycles. The van der Waals surface area contributed by atoms with Crippen LogP contribution in [0.2, 0.25) is 0 Å². The molecule has 0 bridgehead atoms. The first-order chi connectivity index (χ1) is 14.6. The molecule has 1 fully saturated rings. The number of rotatable bonds is 5. The molecule has 4 N–H and O–H groups in total. The Labute approximate surface area is 174 Å². The van der Waals surface area contributed by atoms with Gasteiger partial charge in [-0.2, -0.15) is 0 Å². The molecule has 4 aromatic rings. The maximum absolute atomic E-state index is 12.3. The molecular weight excluding hydrogens is 378 g/mol. The lowest BCUT2D eigenvalue weighted by molar-refractivity contribution is -0.122. The Morgan fingerprint density at radius 1 is 1.33 bits per heavy atom. The zero-order valence-corrected chi connectivity index (χ0v) is 17.1. The van der Waals surface area contributed by atoms with Crippen LogP contribution in [0.4, 0.5) is 5.82 Å². The van der Waals surface area contributed by atoms with E-state index in [2.05, 4.69) is 44.1 Å². The summed E-state index contributed by atoms with van der Waals surface area (Å²) < 4.78 is 2.01. The van der Waals surface area contributed by atoms with Gasteiger partial charge in [0.15, 0.2) is 5.82 Å². The number of hydrogen-bond acceptors (Lipinski definition) is 5. The minimum atomic E-state index is -0.0596. The van der Waals surface area contributed by atoms with Gasteiger partial charge in [-0.3, -0.25) is 4.79 Å². The van der Waals surface area contributed by atoms with Crippen LogP contribution in [-0.2, 0) is 18.4 Å². The number of benzene rings is 1. The van der Waals surface area contributed by atoms with Gasteiger partial charge in [0.2, 0.25) is 5.91 Å². The van der Waals surface area contributed by atoms with Crippen molar-refractivity contribution in [2.45, 2.75) is 25.4 Å². The smallest absolute Gasteiger partial charge is 0.237 e. The van der Waals surface area contributed by atoms with E-state index in [1.165, 1.54) is 0 Å². The Balaban J connectivity index is 1.45. The quantitative estimate of drug-likeness (QED) is 0.410. The molecule has 1 saturated heterocycles. The lowest BCUT2D eigenvalue weighted by atomic mass is 10.1. The predicted octanol–water partition coefficient (Wildman–Crippen LogP) is 2.53. The van der Waals surface area contributed by atoms with Crippen molar-refractivity contribution in [2.24, 2.45) is 7.05 Å². The molecule has 8 heteroatoms. The van der Waals surface area contributed by atoms with Crippen molar-refractivity contribution < 1.29 is 4.79 Å². The van der Waals surface area contributed by atoms with E-state index in [0.29, 0.717) is 6.54 Å². The lowest BCUT2D eigenvalue weighted by Crippen LogP contribution is -2.39. The van der Waals surface area contributed by atoms with Gasteiger partial charge in [-0.15, -0.1) is 0 Å². The molecule has 30 heavy (non-hydrogen) atoms. The molecule has 5 rings (SSSR count). The van der Waals surface area contributed by atoms with Crippen molar-refractivity contribution in [3.05, 3.63) is 42.2 Å². The number of carbonyl (C=O) groups excluding carboxylic acids is 1. The molecular formula is C22H25N7O. The van der Waals surface area contributed by atoms with Crippen LogP contribution in [-0.4, -0.2) is 45.1 Å². The Morgan fingerprint density at radius 3 is 3.03 bits per heavy atom. The number of amides is 1. The standard InChI is InChI=1S/C22H25N7O/c1-23-21-18-19(29(2)12-26-18)15-10-17(27-20(15)28-21)14-6-3-5-13(9-14)11-25-22(30)16-7-4-8-24-16/h3,5-6,9-10,12,16,24H,4,7-8,11H2,1-2H3,(H,25,30)(H2,23,27,28)/t16-/m1/s1. The molecule has 3 aromatic heterocycles. The minimum Gasteiger partial charge on any atom is -0.371 e. The second kappa shape index (κ2) is 7.46. The third-order valence-electron chi connectivity index (χ3n) is 5.76. The molecule has 1 aromatic carbocycles. The Morgan fingerprint density at radius 2 is 2.23 bits per heavy atom. The highest BCUT2D eigenvalue weighted by Crippen LogP contribution is 2.31. The third kappa shape index (κ3) is 3.19. The molecule has 0 saturated carbocycles. The monoisotopic (exact) mass is 403 g/mol. The zero-order chi connectivity index (χ0) is 20.7. The number of aromatic nitrogens is 4. The number of imidazole rings is 1. The fourth-order valence-corrected chi connectivity index (χ4v) is 4.20. The first-order valence-corrected chi connectivity index (χ1v) is 10.3. The normalized spacial score (nSPS) is 16.4. The number of aromatic amines is 1. The largest absolute Gasteiger partial charge is 0.371 e. The molecule has 1 amide bonds. The van der Waals surface area contributed by atoms with Gasteiger partial charge in [0.05, 0.1) is 17.9 Å². The number of nitrogens with one attached hydrogen (secondary N) is 4. The van der Waals surface area contributed by atoms with Gasteiger partial charge >= 0.3 is 0 Å². The molecule has 8 nitrogen and oxygen atoms in total. The number of pyridine rings is 1.